The fourth-order valence-electron chi connectivity index (χ4n) is 3.80. The molecule has 0 radical (unpaired) electrons. The number of fused-ring (bicyclic) bond motifs is 1. The van der Waals surface area contributed by atoms with Gasteiger partial charge in [-0.2, -0.15) is 0 Å². The van der Waals surface area contributed by atoms with Gasteiger partial charge in [0, 0.05) is 22.1 Å². The first-order chi connectivity index (χ1) is 15.1. The largest absolute Gasteiger partial charge is 0.206 e. The Bertz CT molecular complexity index is 1240. The average molecular weight is 407 g/mol. The number of unbranched alkanes of at least 4 members (excludes halogenated alkanes) is 2. The predicted molar refractivity (Wildman–Crippen MR) is 130 cm³/mol. The van der Waals surface area contributed by atoms with Gasteiger partial charge in [-0.15, -0.1) is 0 Å². The maximum Gasteiger partial charge on any atom is 0.138 e. The molecule has 0 N–H and O–H groups in total. The third-order valence-electron chi connectivity index (χ3n) is 5.69. The Kier molecular flexibility index (Phi) is 6.48. The molecule has 0 aliphatic rings. The molecule has 4 aromatic rings. The molecule has 0 bridgehead atoms. The Morgan fingerprint density at radius 2 is 1.45 bits per heavy atom. The number of halogens is 1. The van der Waals surface area contributed by atoms with Crippen molar-refractivity contribution in [1.82, 2.24) is 0 Å². The van der Waals surface area contributed by atoms with Crippen LogP contribution in [-0.2, 0) is 6.42 Å². The van der Waals surface area contributed by atoms with Crippen LogP contribution in [0.2, 0.25) is 0 Å². The van der Waals surface area contributed by atoms with Crippen molar-refractivity contribution in [2.24, 2.45) is 0 Å². The second kappa shape index (κ2) is 9.63. The van der Waals surface area contributed by atoms with E-state index in [2.05, 4.69) is 50.0 Å². The van der Waals surface area contributed by atoms with Crippen molar-refractivity contribution in [2.75, 3.05) is 0 Å². The van der Waals surface area contributed by atoms with Gasteiger partial charge in [0.15, 0.2) is 0 Å². The lowest BCUT2D eigenvalue weighted by molar-refractivity contribution is 0.643. The molecule has 0 nitrogen and oxygen atoms in total. The van der Waals surface area contributed by atoms with E-state index in [0.29, 0.717) is 10.9 Å². The molecule has 4 rings (SSSR count). The lowest BCUT2D eigenvalue weighted by Crippen LogP contribution is -1.90. The summed E-state index contributed by atoms with van der Waals surface area (Å²) in [5.41, 5.74) is 5.96. The van der Waals surface area contributed by atoms with Crippen LogP contribution in [0.3, 0.4) is 0 Å². The number of hydrogen-bond donors (Lipinski definition) is 0. The highest BCUT2D eigenvalue weighted by atomic mass is 19.1. The summed E-state index contributed by atoms with van der Waals surface area (Å²) in [6.07, 6.45) is 4.76. The molecular weight excluding hydrogens is 379 g/mol. The van der Waals surface area contributed by atoms with Crippen molar-refractivity contribution in [2.45, 2.75) is 39.5 Å². The molecule has 0 unspecified atom stereocenters. The van der Waals surface area contributed by atoms with Gasteiger partial charge in [0.25, 0.3) is 0 Å². The van der Waals surface area contributed by atoms with Crippen LogP contribution in [0.4, 0.5) is 4.39 Å². The monoisotopic (exact) mass is 406 g/mol. The Labute approximate surface area is 184 Å². The average Bonchev–Trinajstić information content (AvgIpc) is 2.80. The van der Waals surface area contributed by atoms with E-state index in [4.69, 9.17) is 0 Å². The van der Waals surface area contributed by atoms with Crippen molar-refractivity contribution in [3.8, 4) is 23.0 Å². The number of benzene rings is 4. The molecule has 0 atom stereocenters. The second-order valence-electron chi connectivity index (χ2n) is 8.13. The normalized spacial score (nSPS) is 10.7. The summed E-state index contributed by atoms with van der Waals surface area (Å²) >= 11 is 0. The molecule has 0 aliphatic heterocycles. The Balaban J connectivity index is 1.58. The highest BCUT2D eigenvalue weighted by Gasteiger charge is 2.10. The Morgan fingerprint density at radius 3 is 2.19 bits per heavy atom. The fourth-order valence-corrected chi connectivity index (χ4v) is 3.80. The summed E-state index contributed by atoms with van der Waals surface area (Å²) < 4.78 is 15.3. The van der Waals surface area contributed by atoms with Crippen molar-refractivity contribution in [3.63, 3.8) is 0 Å². The van der Waals surface area contributed by atoms with Crippen LogP contribution in [0.1, 0.15) is 48.4 Å². The molecule has 0 aromatic heterocycles. The topological polar surface area (TPSA) is 0 Å². The standard InChI is InChI=1S/C30H27F/c1-3-4-5-6-23-13-16-26(17-14-23)28-20-18-27-21-25(15-19-29(27)30(28)31)12-11-24-9-7-22(2)8-10-24/h7-10,13-21H,3-6H2,1-2H3. The molecular formula is C30H27F. The van der Waals surface area contributed by atoms with Crippen molar-refractivity contribution in [3.05, 3.63) is 107 Å². The summed E-state index contributed by atoms with van der Waals surface area (Å²) in [5.74, 6) is 6.21. The third-order valence-corrected chi connectivity index (χ3v) is 5.69. The van der Waals surface area contributed by atoms with Gasteiger partial charge in [-0.3, -0.25) is 0 Å². The molecule has 0 spiro atoms. The van der Waals surface area contributed by atoms with Crippen LogP contribution in [0.25, 0.3) is 21.9 Å². The van der Waals surface area contributed by atoms with Crippen molar-refractivity contribution in [1.29, 1.82) is 0 Å². The van der Waals surface area contributed by atoms with Gasteiger partial charge in [0.05, 0.1) is 0 Å². The molecule has 0 heterocycles. The quantitative estimate of drug-likeness (QED) is 0.232. The second-order valence-corrected chi connectivity index (χ2v) is 8.13. The van der Waals surface area contributed by atoms with E-state index >= 15 is 4.39 Å². The summed E-state index contributed by atoms with van der Waals surface area (Å²) in [6, 6.07) is 26.0. The highest BCUT2D eigenvalue weighted by molar-refractivity contribution is 5.89. The van der Waals surface area contributed by atoms with Gasteiger partial charge in [-0.25, -0.2) is 4.39 Å². The van der Waals surface area contributed by atoms with E-state index in [9.17, 15) is 0 Å². The van der Waals surface area contributed by atoms with Gasteiger partial charge >= 0.3 is 0 Å². The minimum Gasteiger partial charge on any atom is -0.206 e. The van der Waals surface area contributed by atoms with E-state index in [0.717, 1.165) is 28.5 Å². The lowest BCUT2D eigenvalue weighted by Gasteiger charge is -2.09. The summed E-state index contributed by atoms with van der Waals surface area (Å²) in [4.78, 5) is 0. The van der Waals surface area contributed by atoms with Crippen LogP contribution >= 0.6 is 0 Å². The predicted octanol–water partition coefficient (Wildman–Crippen LogP) is 8.09. The number of hydrogen-bond acceptors (Lipinski definition) is 0. The van der Waals surface area contributed by atoms with E-state index in [1.54, 1.807) is 0 Å². The zero-order valence-corrected chi connectivity index (χ0v) is 18.2. The molecule has 31 heavy (non-hydrogen) atoms. The summed E-state index contributed by atoms with van der Waals surface area (Å²) in [6.45, 7) is 4.27. The van der Waals surface area contributed by atoms with Crippen LogP contribution in [0.15, 0.2) is 78.9 Å². The first-order valence-corrected chi connectivity index (χ1v) is 11.0. The smallest absolute Gasteiger partial charge is 0.138 e. The minimum absolute atomic E-state index is 0.172. The van der Waals surface area contributed by atoms with Gasteiger partial charge in [-0.05, 0) is 60.5 Å². The Hall–Kier alpha value is -3.37. The van der Waals surface area contributed by atoms with Crippen LogP contribution < -0.4 is 0 Å². The highest BCUT2D eigenvalue weighted by Crippen LogP contribution is 2.30. The zero-order chi connectivity index (χ0) is 21.6. The molecule has 0 aliphatic carbocycles. The molecule has 0 saturated carbocycles. The third kappa shape index (κ3) is 5.04. The van der Waals surface area contributed by atoms with E-state index in [1.807, 2.05) is 54.6 Å². The van der Waals surface area contributed by atoms with E-state index in [-0.39, 0.29) is 5.82 Å². The SMILES string of the molecule is CCCCCc1ccc(-c2ccc3cc(C#Cc4ccc(C)cc4)ccc3c2F)cc1. The number of aryl methyl sites for hydroxylation is 2. The van der Waals surface area contributed by atoms with Crippen molar-refractivity contribution < 1.29 is 4.39 Å². The van der Waals surface area contributed by atoms with Crippen LogP contribution in [0, 0.1) is 24.6 Å². The molecule has 0 saturated heterocycles. The molecule has 4 aromatic carbocycles. The molecule has 1 heteroatoms. The summed E-state index contributed by atoms with van der Waals surface area (Å²) in [7, 11) is 0. The van der Waals surface area contributed by atoms with Crippen LogP contribution in [0.5, 0.6) is 0 Å². The zero-order valence-electron chi connectivity index (χ0n) is 18.2. The first-order valence-electron chi connectivity index (χ1n) is 11.0. The first kappa shape index (κ1) is 20.9. The summed E-state index contributed by atoms with van der Waals surface area (Å²) in [5, 5.41) is 1.50. The molecule has 0 amide bonds. The lowest BCUT2D eigenvalue weighted by atomic mass is 9.97. The number of rotatable bonds is 5. The molecule has 0 fully saturated rings. The minimum atomic E-state index is -0.172. The Morgan fingerprint density at radius 1 is 0.742 bits per heavy atom. The van der Waals surface area contributed by atoms with Crippen LogP contribution in [-0.4, -0.2) is 0 Å². The van der Waals surface area contributed by atoms with Gasteiger partial charge in [-0.1, -0.05) is 91.8 Å². The van der Waals surface area contributed by atoms with E-state index < -0.39 is 0 Å². The van der Waals surface area contributed by atoms with Gasteiger partial charge < -0.3 is 0 Å². The fraction of sp³-hybridized carbons (Fsp3) is 0.200. The molecule has 154 valence electrons. The maximum absolute atomic E-state index is 15.3. The van der Waals surface area contributed by atoms with Gasteiger partial charge in [0.2, 0.25) is 0 Å². The maximum atomic E-state index is 15.3. The van der Waals surface area contributed by atoms with E-state index in [1.165, 1.54) is 30.4 Å². The van der Waals surface area contributed by atoms with Crippen molar-refractivity contribution >= 4 is 10.8 Å². The van der Waals surface area contributed by atoms with Gasteiger partial charge in [0.1, 0.15) is 5.82 Å².